The molecule has 3 aromatic rings. The molecule has 0 aliphatic carbocycles. The SMILES string of the molecule is N#Cc1[nH]nnc1-c1cc(Br)cc(OCc2cc(C(F)(F)F)ccc2F)c1. The van der Waals surface area contributed by atoms with E-state index >= 15 is 0 Å². The van der Waals surface area contributed by atoms with Gasteiger partial charge in [-0.1, -0.05) is 21.1 Å². The molecule has 5 nitrogen and oxygen atoms in total. The fourth-order valence-corrected chi connectivity index (χ4v) is 2.79. The molecule has 0 atom stereocenters. The van der Waals surface area contributed by atoms with Gasteiger partial charge in [0.2, 0.25) is 0 Å². The van der Waals surface area contributed by atoms with Gasteiger partial charge in [-0.25, -0.2) is 9.49 Å². The van der Waals surface area contributed by atoms with Crippen LogP contribution in [0.1, 0.15) is 16.8 Å². The Bertz CT molecular complexity index is 1030. The molecule has 0 unspecified atom stereocenters. The Labute approximate surface area is 158 Å². The van der Waals surface area contributed by atoms with Gasteiger partial charge in [-0.3, -0.25) is 0 Å². The monoisotopic (exact) mass is 440 g/mol. The molecule has 0 saturated carbocycles. The molecule has 0 amide bonds. The number of nitrogens with one attached hydrogen (secondary N) is 1. The number of aromatic amines is 1. The van der Waals surface area contributed by atoms with Crippen LogP contribution < -0.4 is 4.74 Å². The van der Waals surface area contributed by atoms with Crippen molar-refractivity contribution in [2.45, 2.75) is 12.8 Å². The predicted octanol–water partition coefficient (Wildman–Crippen LogP) is 4.84. The molecule has 0 aliphatic heterocycles. The second kappa shape index (κ2) is 7.36. The standard InChI is InChI=1S/C17H9BrF4N4O/c18-12-4-9(16-15(7-23)24-26-25-16)5-13(6-12)27-8-10-3-11(17(20,21)22)1-2-14(10)19/h1-6H,8H2,(H,24,25,26). The summed E-state index contributed by atoms with van der Waals surface area (Å²) in [5.41, 5.74) is -0.268. The average Bonchev–Trinajstić information content (AvgIpc) is 3.08. The molecule has 10 heteroatoms. The van der Waals surface area contributed by atoms with Crippen LogP contribution in [0.25, 0.3) is 11.3 Å². The van der Waals surface area contributed by atoms with Gasteiger partial charge in [0.1, 0.15) is 29.9 Å². The first-order chi connectivity index (χ1) is 12.8. The van der Waals surface area contributed by atoms with E-state index in [2.05, 4.69) is 31.3 Å². The number of nitrogens with zero attached hydrogens (tertiary/aromatic N) is 3. The third-order valence-corrected chi connectivity index (χ3v) is 4.03. The van der Waals surface area contributed by atoms with Crippen molar-refractivity contribution in [2.75, 3.05) is 0 Å². The van der Waals surface area contributed by atoms with E-state index in [0.29, 0.717) is 22.2 Å². The summed E-state index contributed by atoms with van der Waals surface area (Å²) >= 11 is 3.28. The first kappa shape index (κ1) is 18.8. The minimum Gasteiger partial charge on any atom is -0.489 e. The number of benzene rings is 2. The van der Waals surface area contributed by atoms with Gasteiger partial charge in [-0.2, -0.15) is 18.4 Å². The highest BCUT2D eigenvalue weighted by molar-refractivity contribution is 9.10. The van der Waals surface area contributed by atoms with Gasteiger partial charge < -0.3 is 4.74 Å². The number of aromatic nitrogens is 3. The molecule has 1 heterocycles. The first-order valence-corrected chi connectivity index (χ1v) is 8.18. The van der Waals surface area contributed by atoms with Crippen molar-refractivity contribution in [2.24, 2.45) is 0 Å². The summed E-state index contributed by atoms with van der Waals surface area (Å²) in [4.78, 5) is 0. The Morgan fingerprint density at radius 1 is 1.19 bits per heavy atom. The molecule has 0 saturated heterocycles. The molecule has 0 bridgehead atoms. The molecule has 138 valence electrons. The minimum absolute atomic E-state index is 0.142. The Balaban J connectivity index is 1.86. The fraction of sp³-hybridized carbons (Fsp3) is 0.118. The molecular formula is C17H9BrF4N4O. The third-order valence-electron chi connectivity index (χ3n) is 3.57. The number of rotatable bonds is 4. The van der Waals surface area contributed by atoms with Crippen LogP contribution in [0.5, 0.6) is 5.75 Å². The second-order valence-corrected chi connectivity index (χ2v) is 6.33. The number of H-pyrrole nitrogens is 1. The summed E-state index contributed by atoms with van der Waals surface area (Å²) in [5.74, 6) is -0.551. The van der Waals surface area contributed by atoms with Crippen molar-refractivity contribution >= 4 is 15.9 Å². The molecule has 2 aromatic carbocycles. The number of ether oxygens (including phenoxy) is 1. The van der Waals surface area contributed by atoms with E-state index in [4.69, 9.17) is 10.00 Å². The Hall–Kier alpha value is -2.93. The highest BCUT2D eigenvalue weighted by Crippen LogP contribution is 2.32. The molecule has 27 heavy (non-hydrogen) atoms. The number of halogens is 5. The molecule has 1 aromatic heterocycles. The number of hydrogen-bond donors (Lipinski definition) is 1. The van der Waals surface area contributed by atoms with E-state index in [0.717, 1.165) is 6.07 Å². The van der Waals surface area contributed by atoms with Crippen LogP contribution >= 0.6 is 15.9 Å². The minimum atomic E-state index is -4.58. The second-order valence-electron chi connectivity index (χ2n) is 5.42. The van der Waals surface area contributed by atoms with E-state index in [1.54, 1.807) is 12.1 Å². The van der Waals surface area contributed by atoms with Crippen molar-refractivity contribution in [1.29, 1.82) is 5.26 Å². The lowest BCUT2D eigenvalue weighted by Gasteiger charge is -2.12. The summed E-state index contributed by atoms with van der Waals surface area (Å²) < 4.78 is 58.2. The smallest absolute Gasteiger partial charge is 0.416 e. The van der Waals surface area contributed by atoms with Crippen molar-refractivity contribution in [3.8, 4) is 23.1 Å². The van der Waals surface area contributed by atoms with Crippen molar-refractivity contribution in [3.05, 3.63) is 63.5 Å². The van der Waals surface area contributed by atoms with E-state index in [9.17, 15) is 17.6 Å². The summed E-state index contributed by atoms with van der Waals surface area (Å²) in [6.07, 6.45) is -4.58. The Morgan fingerprint density at radius 3 is 2.67 bits per heavy atom. The van der Waals surface area contributed by atoms with Crippen LogP contribution in [0.2, 0.25) is 0 Å². The van der Waals surface area contributed by atoms with Gasteiger partial charge in [0.25, 0.3) is 0 Å². The lowest BCUT2D eigenvalue weighted by molar-refractivity contribution is -0.137. The summed E-state index contributed by atoms with van der Waals surface area (Å²) in [6, 6.07) is 8.78. The van der Waals surface area contributed by atoms with Crippen LogP contribution in [0.15, 0.2) is 40.9 Å². The normalized spacial score (nSPS) is 11.3. The van der Waals surface area contributed by atoms with Gasteiger partial charge in [-0.15, -0.1) is 5.10 Å². The molecule has 3 rings (SSSR count). The van der Waals surface area contributed by atoms with E-state index in [1.807, 2.05) is 6.07 Å². The molecule has 0 radical (unpaired) electrons. The summed E-state index contributed by atoms with van der Waals surface area (Å²) in [6.45, 7) is -0.407. The third kappa shape index (κ3) is 4.25. The highest BCUT2D eigenvalue weighted by Gasteiger charge is 2.31. The fourth-order valence-electron chi connectivity index (χ4n) is 2.31. The van der Waals surface area contributed by atoms with Crippen LogP contribution in [-0.4, -0.2) is 15.4 Å². The summed E-state index contributed by atoms with van der Waals surface area (Å²) in [7, 11) is 0. The van der Waals surface area contributed by atoms with Crippen LogP contribution in [0.4, 0.5) is 17.6 Å². The molecule has 0 spiro atoms. The Morgan fingerprint density at radius 2 is 1.96 bits per heavy atom. The topological polar surface area (TPSA) is 74.6 Å². The van der Waals surface area contributed by atoms with Crippen LogP contribution in [0.3, 0.4) is 0 Å². The first-order valence-electron chi connectivity index (χ1n) is 7.38. The van der Waals surface area contributed by atoms with Crippen molar-refractivity contribution in [1.82, 2.24) is 15.4 Å². The highest BCUT2D eigenvalue weighted by atomic mass is 79.9. The van der Waals surface area contributed by atoms with E-state index < -0.39 is 24.2 Å². The quantitative estimate of drug-likeness (QED) is 0.588. The maximum atomic E-state index is 13.8. The average molecular weight is 441 g/mol. The number of nitriles is 1. The van der Waals surface area contributed by atoms with Gasteiger partial charge in [0.15, 0.2) is 5.69 Å². The van der Waals surface area contributed by atoms with Gasteiger partial charge >= 0.3 is 6.18 Å². The Kier molecular flexibility index (Phi) is 5.14. The van der Waals surface area contributed by atoms with E-state index in [-0.39, 0.29) is 22.7 Å². The van der Waals surface area contributed by atoms with Crippen molar-refractivity contribution in [3.63, 3.8) is 0 Å². The number of alkyl halides is 3. The van der Waals surface area contributed by atoms with Crippen LogP contribution in [-0.2, 0) is 12.8 Å². The zero-order valence-electron chi connectivity index (χ0n) is 13.3. The van der Waals surface area contributed by atoms with Gasteiger partial charge in [0, 0.05) is 15.6 Å². The predicted molar refractivity (Wildman–Crippen MR) is 90.0 cm³/mol. The van der Waals surface area contributed by atoms with E-state index in [1.165, 1.54) is 6.07 Å². The maximum absolute atomic E-state index is 13.8. The lowest BCUT2D eigenvalue weighted by Crippen LogP contribution is -2.07. The molecular weight excluding hydrogens is 432 g/mol. The molecule has 0 fully saturated rings. The molecule has 1 N–H and O–H groups in total. The van der Waals surface area contributed by atoms with Crippen molar-refractivity contribution < 1.29 is 22.3 Å². The number of hydrogen-bond acceptors (Lipinski definition) is 4. The zero-order chi connectivity index (χ0) is 19.6. The van der Waals surface area contributed by atoms with Crippen LogP contribution in [0, 0.1) is 17.1 Å². The molecule has 0 aliphatic rings. The lowest BCUT2D eigenvalue weighted by atomic mass is 10.1. The summed E-state index contributed by atoms with van der Waals surface area (Å²) in [5, 5.41) is 18.9. The largest absolute Gasteiger partial charge is 0.489 e. The zero-order valence-corrected chi connectivity index (χ0v) is 14.9. The van der Waals surface area contributed by atoms with Gasteiger partial charge in [-0.05, 0) is 36.4 Å². The van der Waals surface area contributed by atoms with Gasteiger partial charge in [0.05, 0.1) is 5.56 Å². The maximum Gasteiger partial charge on any atom is 0.416 e.